The first-order valence-corrected chi connectivity index (χ1v) is 7.25. The number of halogens is 2. The molecule has 2 unspecified atom stereocenters. The van der Waals surface area contributed by atoms with Crippen LogP contribution >= 0.6 is 0 Å². The molecule has 0 radical (unpaired) electrons. The summed E-state index contributed by atoms with van der Waals surface area (Å²) in [5, 5.41) is 2.78. The monoisotopic (exact) mass is 281 g/mol. The molecule has 0 bridgehead atoms. The molecule has 2 nitrogen and oxygen atoms in total. The SMILES string of the molecule is CCC(CCc1ccccc1)NC(=O)C1CCC1(F)F. The Bertz CT molecular complexity index is 447. The minimum absolute atomic E-state index is 0.0286. The van der Waals surface area contributed by atoms with E-state index in [1.807, 2.05) is 37.3 Å². The van der Waals surface area contributed by atoms with Crippen molar-refractivity contribution in [1.29, 1.82) is 0 Å². The van der Waals surface area contributed by atoms with Crippen molar-refractivity contribution >= 4 is 5.91 Å². The predicted molar refractivity (Wildman–Crippen MR) is 74.7 cm³/mol. The fourth-order valence-electron chi connectivity index (χ4n) is 2.50. The van der Waals surface area contributed by atoms with Crippen LogP contribution < -0.4 is 5.32 Å². The largest absolute Gasteiger partial charge is 0.353 e. The molecule has 0 aromatic heterocycles. The summed E-state index contributed by atoms with van der Waals surface area (Å²) in [6, 6.07) is 9.96. The van der Waals surface area contributed by atoms with Crippen molar-refractivity contribution in [2.45, 2.75) is 51.0 Å². The van der Waals surface area contributed by atoms with Crippen molar-refractivity contribution in [1.82, 2.24) is 5.32 Å². The number of rotatable bonds is 6. The minimum atomic E-state index is -2.80. The summed E-state index contributed by atoms with van der Waals surface area (Å²) < 4.78 is 26.4. The summed E-state index contributed by atoms with van der Waals surface area (Å²) in [5.41, 5.74) is 1.20. The second-order valence-electron chi connectivity index (χ2n) is 5.49. The van der Waals surface area contributed by atoms with E-state index in [0.717, 1.165) is 19.3 Å². The van der Waals surface area contributed by atoms with Crippen LogP contribution in [0.15, 0.2) is 30.3 Å². The van der Waals surface area contributed by atoms with Gasteiger partial charge in [-0.1, -0.05) is 37.3 Å². The third-order valence-electron chi connectivity index (χ3n) is 4.06. The van der Waals surface area contributed by atoms with Crippen LogP contribution in [0.1, 0.15) is 38.2 Å². The van der Waals surface area contributed by atoms with Crippen LogP contribution in [0.4, 0.5) is 8.78 Å². The van der Waals surface area contributed by atoms with Crippen LogP contribution in [0.2, 0.25) is 0 Å². The molecule has 0 heterocycles. The molecule has 2 rings (SSSR count). The molecule has 0 aliphatic heterocycles. The van der Waals surface area contributed by atoms with Gasteiger partial charge < -0.3 is 5.32 Å². The summed E-state index contributed by atoms with van der Waals surface area (Å²) in [4.78, 5) is 11.8. The van der Waals surface area contributed by atoms with Gasteiger partial charge in [-0.05, 0) is 31.2 Å². The molecule has 4 heteroatoms. The van der Waals surface area contributed by atoms with Gasteiger partial charge in [-0.25, -0.2) is 8.78 Å². The molecule has 1 aromatic rings. The van der Waals surface area contributed by atoms with E-state index in [2.05, 4.69) is 5.32 Å². The van der Waals surface area contributed by atoms with Gasteiger partial charge in [0.1, 0.15) is 5.92 Å². The molecule has 2 atom stereocenters. The van der Waals surface area contributed by atoms with Crippen LogP contribution in [0.25, 0.3) is 0 Å². The highest BCUT2D eigenvalue weighted by Gasteiger charge is 2.52. The Morgan fingerprint density at radius 1 is 1.40 bits per heavy atom. The lowest BCUT2D eigenvalue weighted by atomic mass is 9.80. The van der Waals surface area contributed by atoms with Gasteiger partial charge in [-0.2, -0.15) is 0 Å². The molecule has 1 saturated carbocycles. The van der Waals surface area contributed by atoms with Gasteiger partial charge in [0, 0.05) is 12.5 Å². The Morgan fingerprint density at radius 3 is 2.60 bits per heavy atom. The average molecular weight is 281 g/mol. The van der Waals surface area contributed by atoms with E-state index in [-0.39, 0.29) is 12.5 Å². The topological polar surface area (TPSA) is 29.1 Å². The number of carbonyl (C=O) groups excluding carboxylic acids is 1. The average Bonchev–Trinajstić information content (AvgIpc) is 2.43. The lowest BCUT2D eigenvalue weighted by molar-refractivity contribution is -0.162. The standard InChI is InChI=1S/C16H21F2NO/c1-2-13(9-8-12-6-4-3-5-7-12)19-15(20)14-10-11-16(14,17)18/h3-7,13-14H,2,8-11H2,1H3,(H,19,20). The normalized spacial score (nSPS) is 21.9. The number of alkyl halides is 2. The second-order valence-corrected chi connectivity index (χ2v) is 5.49. The maximum absolute atomic E-state index is 13.2. The number of aryl methyl sites for hydroxylation is 1. The van der Waals surface area contributed by atoms with E-state index < -0.39 is 17.7 Å². The van der Waals surface area contributed by atoms with Gasteiger partial charge in [0.2, 0.25) is 5.91 Å². The maximum atomic E-state index is 13.2. The molecule has 1 fully saturated rings. The van der Waals surface area contributed by atoms with Gasteiger partial charge in [0.15, 0.2) is 0 Å². The molecule has 20 heavy (non-hydrogen) atoms. The van der Waals surface area contributed by atoms with Crippen LogP contribution in [-0.2, 0) is 11.2 Å². The van der Waals surface area contributed by atoms with Crippen molar-refractivity contribution in [2.75, 3.05) is 0 Å². The number of nitrogens with one attached hydrogen (secondary N) is 1. The Labute approximate surface area is 118 Å². The molecule has 0 spiro atoms. The smallest absolute Gasteiger partial charge is 0.259 e. The highest BCUT2D eigenvalue weighted by Crippen LogP contribution is 2.43. The van der Waals surface area contributed by atoms with Gasteiger partial charge in [-0.3, -0.25) is 4.79 Å². The van der Waals surface area contributed by atoms with Gasteiger partial charge in [-0.15, -0.1) is 0 Å². The van der Waals surface area contributed by atoms with Crippen molar-refractivity contribution in [3.8, 4) is 0 Å². The van der Waals surface area contributed by atoms with Gasteiger partial charge in [0.05, 0.1) is 0 Å². The molecule has 1 aromatic carbocycles. The zero-order valence-electron chi connectivity index (χ0n) is 11.7. The van der Waals surface area contributed by atoms with E-state index >= 15 is 0 Å². The second kappa shape index (κ2) is 6.33. The van der Waals surface area contributed by atoms with Crippen molar-refractivity contribution in [3.63, 3.8) is 0 Å². The van der Waals surface area contributed by atoms with E-state index in [0.29, 0.717) is 6.42 Å². The molecule has 1 N–H and O–H groups in total. The fourth-order valence-corrected chi connectivity index (χ4v) is 2.50. The lowest BCUT2D eigenvalue weighted by Crippen LogP contribution is -2.51. The summed E-state index contributed by atoms with van der Waals surface area (Å²) in [5.74, 6) is -4.41. The van der Waals surface area contributed by atoms with E-state index in [4.69, 9.17) is 0 Å². The van der Waals surface area contributed by atoms with Crippen LogP contribution in [0.3, 0.4) is 0 Å². The third kappa shape index (κ3) is 3.56. The van der Waals surface area contributed by atoms with E-state index in [1.54, 1.807) is 0 Å². The molecule has 110 valence electrons. The van der Waals surface area contributed by atoms with Gasteiger partial charge >= 0.3 is 0 Å². The predicted octanol–water partition coefficient (Wildman–Crippen LogP) is 3.56. The summed E-state index contributed by atoms with van der Waals surface area (Å²) in [6.07, 6.45) is 2.53. The van der Waals surface area contributed by atoms with Crippen LogP contribution in [0.5, 0.6) is 0 Å². The lowest BCUT2D eigenvalue weighted by Gasteiger charge is -2.35. The van der Waals surface area contributed by atoms with E-state index in [9.17, 15) is 13.6 Å². The molecule has 0 saturated heterocycles. The molecular weight excluding hydrogens is 260 g/mol. The number of hydrogen-bond acceptors (Lipinski definition) is 1. The van der Waals surface area contributed by atoms with Crippen molar-refractivity contribution in [3.05, 3.63) is 35.9 Å². The first-order valence-electron chi connectivity index (χ1n) is 7.25. The summed E-state index contributed by atoms with van der Waals surface area (Å²) >= 11 is 0. The summed E-state index contributed by atoms with van der Waals surface area (Å²) in [7, 11) is 0. The van der Waals surface area contributed by atoms with Crippen molar-refractivity contribution < 1.29 is 13.6 Å². The summed E-state index contributed by atoms with van der Waals surface area (Å²) in [6.45, 7) is 1.97. The molecular formula is C16H21F2NO. The number of carbonyl (C=O) groups is 1. The quantitative estimate of drug-likeness (QED) is 0.848. The minimum Gasteiger partial charge on any atom is -0.353 e. The first kappa shape index (κ1) is 14.9. The van der Waals surface area contributed by atoms with Gasteiger partial charge in [0.25, 0.3) is 5.92 Å². The van der Waals surface area contributed by atoms with Crippen molar-refractivity contribution in [2.24, 2.45) is 5.92 Å². The Kier molecular flexibility index (Phi) is 4.73. The first-order chi connectivity index (χ1) is 9.53. The fraction of sp³-hybridized carbons (Fsp3) is 0.562. The molecule has 1 amide bonds. The number of benzene rings is 1. The van der Waals surface area contributed by atoms with Crippen LogP contribution in [-0.4, -0.2) is 17.9 Å². The molecule has 1 aliphatic rings. The Hall–Kier alpha value is -1.45. The Morgan fingerprint density at radius 2 is 2.10 bits per heavy atom. The maximum Gasteiger partial charge on any atom is 0.259 e. The van der Waals surface area contributed by atoms with E-state index in [1.165, 1.54) is 5.56 Å². The van der Waals surface area contributed by atoms with Crippen LogP contribution in [0, 0.1) is 5.92 Å². The third-order valence-corrected chi connectivity index (χ3v) is 4.06. The zero-order chi connectivity index (χ0) is 14.6. The number of hydrogen-bond donors (Lipinski definition) is 1. The molecule has 1 aliphatic carbocycles. The number of amides is 1. The highest BCUT2D eigenvalue weighted by atomic mass is 19.3. The Balaban J connectivity index is 1.82. The zero-order valence-corrected chi connectivity index (χ0v) is 11.7. The highest BCUT2D eigenvalue weighted by molar-refractivity contribution is 5.81.